The van der Waals surface area contributed by atoms with E-state index in [0.29, 0.717) is 27.0 Å². The molecule has 0 atom stereocenters. The molecule has 0 spiro atoms. The lowest BCUT2D eigenvalue weighted by atomic mass is 10.0. The van der Waals surface area contributed by atoms with Crippen LogP contribution in [0.25, 0.3) is 16.8 Å². The molecule has 3 N–H and O–H groups in total. The summed E-state index contributed by atoms with van der Waals surface area (Å²) < 4.78 is 0. The van der Waals surface area contributed by atoms with Gasteiger partial charge in [-0.05, 0) is 77.0 Å². The molecule has 0 bridgehead atoms. The lowest BCUT2D eigenvalue weighted by Gasteiger charge is -2.12. The molecule has 5 rings (SSSR count). The second-order valence-electron chi connectivity index (χ2n) is 9.39. The van der Waals surface area contributed by atoms with Crippen molar-refractivity contribution >= 4 is 80.9 Å². The number of carbonyl (C=O) groups excluding carboxylic acids is 3. The molecule has 0 radical (unpaired) electrons. The van der Waals surface area contributed by atoms with Gasteiger partial charge in [0.05, 0.1) is 15.8 Å². The number of anilines is 2. The lowest BCUT2D eigenvalue weighted by molar-refractivity contribution is -0.114. The summed E-state index contributed by atoms with van der Waals surface area (Å²) in [6.45, 7) is 0. The predicted octanol–water partition coefficient (Wildman–Crippen LogP) is 8.29. The summed E-state index contributed by atoms with van der Waals surface area (Å²) in [5, 5.41) is 11.2. The van der Waals surface area contributed by atoms with E-state index in [0.717, 1.165) is 21.2 Å². The fourth-order valence-corrected chi connectivity index (χ4v) is 5.22. The fraction of sp³-hybridized carbons (Fsp3) is 0.0294. The van der Waals surface area contributed by atoms with E-state index in [4.69, 9.17) is 23.2 Å². The summed E-state index contributed by atoms with van der Waals surface area (Å²) in [6, 6.07) is 34.3. The first-order chi connectivity index (χ1) is 20.9. The molecule has 214 valence electrons. The molecule has 43 heavy (non-hydrogen) atoms. The first-order valence-electron chi connectivity index (χ1n) is 13.2. The van der Waals surface area contributed by atoms with E-state index >= 15 is 0 Å². The Morgan fingerprint density at radius 2 is 1.40 bits per heavy atom. The van der Waals surface area contributed by atoms with E-state index in [2.05, 4.69) is 16.0 Å². The third-order valence-electron chi connectivity index (χ3n) is 6.34. The van der Waals surface area contributed by atoms with E-state index in [1.165, 1.54) is 11.8 Å². The molecule has 9 heteroatoms. The SMILES string of the molecule is O=C(CSc1ccc(NC(=O)/C(=C/c2cccc3ccccc23)NC(=O)c2ccccc2)cc1)Nc1ccc(Cl)c(Cl)c1. The van der Waals surface area contributed by atoms with Gasteiger partial charge >= 0.3 is 0 Å². The van der Waals surface area contributed by atoms with Gasteiger partial charge < -0.3 is 16.0 Å². The molecule has 5 aromatic rings. The minimum atomic E-state index is -0.473. The van der Waals surface area contributed by atoms with Crippen LogP contribution in [0.15, 0.2) is 126 Å². The minimum absolute atomic E-state index is 0.0997. The van der Waals surface area contributed by atoms with Crippen LogP contribution in [0, 0.1) is 0 Å². The lowest BCUT2D eigenvalue weighted by Crippen LogP contribution is -2.30. The number of thioether (sulfide) groups is 1. The Morgan fingerprint density at radius 1 is 0.698 bits per heavy atom. The number of rotatable bonds is 9. The van der Waals surface area contributed by atoms with Gasteiger partial charge in [0.2, 0.25) is 5.91 Å². The van der Waals surface area contributed by atoms with Crippen molar-refractivity contribution in [2.24, 2.45) is 0 Å². The van der Waals surface area contributed by atoms with Crippen LogP contribution in [0.4, 0.5) is 11.4 Å². The summed E-state index contributed by atoms with van der Waals surface area (Å²) in [5.74, 6) is -0.889. The maximum Gasteiger partial charge on any atom is 0.272 e. The highest BCUT2D eigenvalue weighted by Gasteiger charge is 2.16. The van der Waals surface area contributed by atoms with Crippen molar-refractivity contribution in [3.8, 4) is 0 Å². The Bertz CT molecular complexity index is 1820. The zero-order valence-corrected chi connectivity index (χ0v) is 25.0. The molecule has 5 aromatic carbocycles. The summed E-state index contributed by atoms with van der Waals surface area (Å²) in [5.41, 5.74) is 2.42. The molecule has 0 aromatic heterocycles. The number of benzene rings is 5. The fourth-order valence-electron chi connectivity index (χ4n) is 4.23. The number of halogens is 2. The third-order valence-corrected chi connectivity index (χ3v) is 8.09. The minimum Gasteiger partial charge on any atom is -0.325 e. The van der Waals surface area contributed by atoms with Gasteiger partial charge in [0, 0.05) is 21.8 Å². The normalized spacial score (nSPS) is 11.2. The molecule has 0 fully saturated rings. The number of nitrogens with one attached hydrogen (secondary N) is 3. The Balaban J connectivity index is 1.28. The van der Waals surface area contributed by atoms with Crippen molar-refractivity contribution in [1.29, 1.82) is 0 Å². The van der Waals surface area contributed by atoms with Crippen molar-refractivity contribution in [3.63, 3.8) is 0 Å². The molecule has 0 saturated carbocycles. The van der Waals surface area contributed by atoms with E-state index in [1.54, 1.807) is 60.7 Å². The number of hydrogen-bond donors (Lipinski definition) is 3. The van der Waals surface area contributed by atoms with E-state index in [-0.39, 0.29) is 17.4 Å². The van der Waals surface area contributed by atoms with Crippen LogP contribution in [-0.4, -0.2) is 23.5 Å². The third kappa shape index (κ3) is 8.05. The van der Waals surface area contributed by atoms with Gasteiger partial charge in [-0.25, -0.2) is 0 Å². The van der Waals surface area contributed by atoms with Gasteiger partial charge in [0.25, 0.3) is 11.8 Å². The van der Waals surface area contributed by atoms with Gasteiger partial charge in [-0.15, -0.1) is 11.8 Å². The second kappa shape index (κ2) is 14.1. The van der Waals surface area contributed by atoms with Crippen LogP contribution in [0.5, 0.6) is 0 Å². The Kier molecular flexibility index (Phi) is 9.79. The van der Waals surface area contributed by atoms with Crippen molar-refractivity contribution < 1.29 is 14.4 Å². The maximum atomic E-state index is 13.5. The Hall–Kier alpha value is -4.56. The number of carbonyl (C=O) groups is 3. The van der Waals surface area contributed by atoms with E-state index < -0.39 is 11.8 Å². The van der Waals surface area contributed by atoms with Gasteiger partial charge in [0.1, 0.15) is 5.70 Å². The maximum absolute atomic E-state index is 13.5. The molecule has 3 amide bonds. The highest BCUT2D eigenvalue weighted by Crippen LogP contribution is 2.26. The van der Waals surface area contributed by atoms with Crippen LogP contribution in [-0.2, 0) is 9.59 Å². The molecule has 0 aliphatic carbocycles. The summed E-state index contributed by atoms with van der Waals surface area (Å²) in [6.07, 6.45) is 1.68. The van der Waals surface area contributed by atoms with E-state index in [1.807, 2.05) is 60.7 Å². The number of amides is 3. The molecule has 0 heterocycles. The molecule has 0 aliphatic rings. The highest BCUT2D eigenvalue weighted by molar-refractivity contribution is 8.00. The van der Waals surface area contributed by atoms with Gasteiger partial charge in [-0.2, -0.15) is 0 Å². The van der Waals surface area contributed by atoms with Crippen LogP contribution < -0.4 is 16.0 Å². The first kappa shape index (κ1) is 29.9. The molecular formula is C34H25Cl2N3O3S. The van der Waals surface area contributed by atoms with Crippen molar-refractivity contribution in [3.05, 3.63) is 142 Å². The Morgan fingerprint density at radius 3 is 2.16 bits per heavy atom. The molecular weight excluding hydrogens is 601 g/mol. The molecule has 0 unspecified atom stereocenters. The quantitative estimate of drug-likeness (QED) is 0.114. The summed E-state index contributed by atoms with van der Waals surface area (Å²) in [4.78, 5) is 39.7. The topological polar surface area (TPSA) is 87.3 Å². The molecule has 0 saturated heterocycles. The van der Waals surface area contributed by atoms with Gasteiger partial charge in [-0.1, -0.05) is 83.9 Å². The van der Waals surface area contributed by atoms with Crippen molar-refractivity contribution in [1.82, 2.24) is 5.32 Å². The zero-order valence-electron chi connectivity index (χ0n) is 22.6. The van der Waals surface area contributed by atoms with Crippen LogP contribution >= 0.6 is 35.0 Å². The molecule has 0 aliphatic heterocycles. The summed E-state index contributed by atoms with van der Waals surface area (Å²) in [7, 11) is 0. The monoisotopic (exact) mass is 625 g/mol. The largest absolute Gasteiger partial charge is 0.325 e. The standard InChI is InChI=1S/C34H25Cl2N3O3S/c35-29-18-15-26(20-30(29)36)37-32(40)21-43-27-16-13-25(14-17-27)38-34(42)31(39-33(41)23-8-2-1-3-9-23)19-24-11-6-10-22-7-4-5-12-28(22)24/h1-20H,21H2,(H,37,40)(H,38,42)(H,39,41)/b31-19-. The average Bonchev–Trinajstić information content (AvgIpc) is 3.02. The van der Waals surface area contributed by atoms with Crippen molar-refractivity contribution in [2.45, 2.75) is 4.90 Å². The van der Waals surface area contributed by atoms with Crippen LogP contribution in [0.2, 0.25) is 10.0 Å². The average molecular weight is 627 g/mol. The predicted molar refractivity (Wildman–Crippen MR) is 177 cm³/mol. The Labute approximate surface area is 263 Å². The van der Waals surface area contributed by atoms with E-state index in [9.17, 15) is 14.4 Å². The number of fused-ring (bicyclic) bond motifs is 1. The zero-order chi connectivity index (χ0) is 30.2. The van der Waals surface area contributed by atoms with Gasteiger partial charge in [-0.3, -0.25) is 14.4 Å². The first-order valence-corrected chi connectivity index (χ1v) is 14.9. The molecule has 6 nitrogen and oxygen atoms in total. The van der Waals surface area contributed by atoms with Gasteiger partial charge in [0.15, 0.2) is 0 Å². The smallest absolute Gasteiger partial charge is 0.272 e. The number of hydrogen-bond acceptors (Lipinski definition) is 4. The van der Waals surface area contributed by atoms with Crippen LogP contribution in [0.1, 0.15) is 15.9 Å². The second-order valence-corrected chi connectivity index (χ2v) is 11.3. The van der Waals surface area contributed by atoms with Crippen molar-refractivity contribution in [2.75, 3.05) is 16.4 Å². The highest BCUT2D eigenvalue weighted by atomic mass is 35.5. The van der Waals surface area contributed by atoms with Crippen LogP contribution in [0.3, 0.4) is 0 Å². The summed E-state index contributed by atoms with van der Waals surface area (Å²) >= 11 is 13.3.